The van der Waals surface area contributed by atoms with Gasteiger partial charge in [-0.25, -0.2) is 0 Å². The number of anilines is 1. The molecular formula is C16H14N4O2. The van der Waals surface area contributed by atoms with Crippen LogP contribution in [0.2, 0.25) is 0 Å². The molecule has 6 heteroatoms. The lowest BCUT2D eigenvalue weighted by atomic mass is 10.2. The summed E-state index contributed by atoms with van der Waals surface area (Å²) in [5.41, 5.74) is 2.27. The molecule has 0 fully saturated rings. The summed E-state index contributed by atoms with van der Waals surface area (Å²) in [6, 6.07) is 14.7. The molecular weight excluding hydrogens is 280 g/mol. The van der Waals surface area contributed by atoms with Crippen LogP contribution in [-0.2, 0) is 16.1 Å². The van der Waals surface area contributed by atoms with Crippen LogP contribution in [0.5, 0.6) is 0 Å². The van der Waals surface area contributed by atoms with Crippen molar-refractivity contribution >= 4 is 28.4 Å². The molecule has 6 nitrogen and oxygen atoms in total. The Morgan fingerprint density at radius 1 is 1.05 bits per heavy atom. The maximum Gasteiger partial charge on any atom is 0.313 e. The lowest BCUT2D eigenvalue weighted by Crippen LogP contribution is -2.34. The number of amides is 2. The first-order valence-electron chi connectivity index (χ1n) is 6.78. The largest absolute Gasteiger partial charge is 0.344 e. The van der Waals surface area contributed by atoms with E-state index >= 15 is 0 Å². The zero-order valence-corrected chi connectivity index (χ0v) is 11.7. The van der Waals surface area contributed by atoms with Gasteiger partial charge in [-0.1, -0.05) is 30.3 Å². The van der Waals surface area contributed by atoms with Gasteiger partial charge in [0.05, 0.1) is 11.7 Å². The summed E-state index contributed by atoms with van der Waals surface area (Å²) in [4.78, 5) is 23.7. The molecule has 110 valence electrons. The second kappa shape index (κ2) is 6.09. The van der Waals surface area contributed by atoms with Gasteiger partial charge in [-0.05, 0) is 23.8 Å². The van der Waals surface area contributed by atoms with Crippen LogP contribution in [0.4, 0.5) is 5.69 Å². The molecule has 3 N–H and O–H groups in total. The molecule has 22 heavy (non-hydrogen) atoms. The van der Waals surface area contributed by atoms with E-state index in [0.717, 1.165) is 16.5 Å². The zero-order valence-electron chi connectivity index (χ0n) is 11.7. The van der Waals surface area contributed by atoms with Crippen molar-refractivity contribution in [2.75, 3.05) is 5.32 Å². The number of fused-ring (bicyclic) bond motifs is 1. The quantitative estimate of drug-likeness (QED) is 0.644. The number of hydrogen-bond donors (Lipinski definition) is 3. The van der Waals surface area contributed by atoms with Gasteiger partial charge in [0.25, 0.3) is 0 Å². The predicted octanol–water partition coefficient (Wildman–Crippen LogP) is 1.82. The monoisotopic (exact) mass is 294 g/mol. The minimum absolute atomic E-state index is 0.312. The third-order valence-corrected chi connectivity index (χ3v) is 3.20. The second-order valence-electron chi connectivity index (χ2n) is 4.79. The highest BCUT2D eigenvalue weighted by atomic mass is 16.2. The summed E-state index contributed by atoms with van der Waals surface area (Å²) in [6.45, 7) is 0.312. The van der Waals surface area contributed by atoms with Crippen molar-refractivity contribution in [2.45, 2.75) is 6.54 Å². The maximum absolute atomic E-state index is 11.9. The molecule has 0 bridgehead atoms. The fourth-order valence-corrected chi connectivity index (χ4v) is 2.06. The molecule has 0 saturated heterocycles. The Labute approximate surface area is 126 Å². The maximum atomic E-state index is 11.9. The summed E-state index contributed by atoms with van der Waals surface area (Å²) in [5, 5.41) is 12.8. The van der Waals surface area contributed by atoms with Crippen LogP contribution in [0.1, 0.15) is 5.56 Å². The van der Waals surface area contributed by atoms with E-state index in [2.05, 4.69) is 20.8 Å². The Bertz CT molecular complexity index is 811. The van der Waals surface area contributed by atoms with Gasteiger partial charge < -0.3 is 10.6 Å². The van der Waals surface area contributed by atoms with Crippen LogP contribution in [0, 0.1) is 0 Å². The van der Waals surface area contributed by atoms with Crippen molar-refractivity contribution in [3.8, 4) is 0 Å². The summed E-state index contributed by atoms with van der Waals surface area (Å²) in [5.74, 6) is -1.37. The van der Waals surface area contributed by atoms with E-state index in [-0.39, 0.29) is 0 Å². The first-order valence-corrected chi connectivity index (χ1v) is 6.78. The van der Waals surface area contributed by atoms with Gasteiger partial charge >= 0.3 is 11.8 Å². The molecule has 0 aliphatic carbocycles. The Kier molecular flexibility index (Phi) is 3.82. The average Bonchev–Trinajstić information content (AvgIpc) is 3.01. The van der Waals surface area contributed by atoms with Crippen LogP contribution in [-0.4, -0.2) is 22.0 Å². The molecule has 0 atom stereocenters. The highest BCUT2D eigenvalue weighted by molar-refractivity contribution is 6.39. The van der Waals surface area contributed by atoms with E-state index in [0.29, 0.717) is 12.2 Å². The SMILES string of the molecule is O=C(NCc1ccccc1)C(=O)Nc1ccc2cn[nH]c2c1. The van der Waals surface area contributed by atoms with Crippen LogP contribution in [0.15, 0.2) is 54.7 Å². The number of carbonyl (C=O) groups excluding carboxylic acids is 2. The third-order valence-electron chi connectivity index (χ3n) is 3.20. The molecule has 1 aromatic heterocycles. The van der Waals surface area contributed by atoms with Crippen LogP contribution in [0.25, 0.3) is 10.9 Å². The van der Waals surface area contributed by atoms with E-state index in [1.54, 1.807) is 18.3 Å². The molecule has 0 spiro atoms. The number of nitrogens with zero attached hydrogens (tertiary/aromatic N) is 1. The standard InChI is InChI=1S/C16H14N4O2/c21-15(17-9-11-4-2-1-3-5-11)16(22)19-13-7-6-12-10-18-20-14(12)8-13/h1-8,10H,9H2,(H,17,21)(H,18,20)(H,19,22). The lowest BCUT2D eigenvalue weighted by molar-refractivity contribution is -0.136. The number of rotatable bonds is 3. The molecule has 0 aliphatic rings. The van der Waals surface area contributed by atoms with Gasteiger partial charge in [0, 0.05) is 17.6 Å². The first kappa shape index (κ1) is 13.8. The smallest absolute Gasteiger partial charge is 0.313 e. The van der Waals surface area contributed by atoms with Crippen molar-refractivity contribution < 1.29 is 9.59 Å². The summed E-state index contributed by atoms with van der Waals surface area (Å²) < 4.78 is 0. The number of aromatic nitrogens is 2. The summed E-state index contributed by atoms with van der Waals surface area (Å²) in [7, 11) is 0. The van der Waals surface area contributed by atoms with E-state index < -0.39 is 11.8 Å². The minimum atomic E-state index is -0.699. The fraction of sp³-hybridized carbons (Fsp3) is 0.0625. The van der Waals surface area contributed by atoms with Crippen molar-refractivity contribution in [1.29, 1.82) is 0 Å². The lowest BCUT2D eigenvalue weighted by Gasteiger charge is -2.06. The fourth-order valence-electron chi connectivity index (χ4n) is 2.06. The zero-order chi connectivity index (χ0) is 15.4. The third kappa shape index (κ3) is 3.12. The number of benzene rings is 2. The van der Waals surface area contributed by atoms with Gasteiger partial charge in [0.15, 0.2) is 0 Å². The van der Waals surface area contributed by atoms with Crippen LogP contribution >= 0.6 is 0 Å². The van der Waals surface area contributed by atoms with E-state index in [1.165, 1.54) is 0 Å². The van der Waals surface area contributed by atoms with Crippen LogP contribution < -0.4 is 10.6 Å². The first-order chi connectivity index (χ1) is 10.7. The predicted molar refractivity (Wildman–Crippen MR) is 83.0 cm³/mol. The van der Waals surface area contributed by atoms with Crippen molar-refractivity contribution in [3.05, 3.63) is 60.3 Å². The summed E-state index contributed by atoms with van der Waals surface area (Å²) in [6.07, 6.45) is 1.69. The van der Waals surface area contributed by atoms with E-state index in [9.17, 15) is 9.59 Å². The normalized spacial score (nSPS) is 10.4. The van der Waals surface area contributed by atoms with Gasteiger partial charge in [0.1, 0.15) is 0 Å². The number of aromatic amines is 1. The average molecular weight is 294 g/mol. The molecule has 2 amide bonds. The Hall–Kier alpha value is -3.15. The molecule has 3 rings (SSSR count). The number of nitrogens with one attached hydrogen (secondary N) is 3. The Morgan fingerprint density at radius 2 is 1.86 bits per heavy atom. The summed E-state index contributed by atoms with van der Waals surface area (Å²) >= 11 is 0. The number of H-pyrrole nitrogens is 1. The van der Waals surface area contributed by atoms with Gasteiger partial charge in [-0.3, -0.25) is 14.7 Å². The molecule has 0 aliphatic heterocycles. The van der Waals surface area contributed by atoms with Crippen molar-refractivity contribution in [1.82, 2.24) is 15.5 Å². The molecule has 0 radical (unpaired) electrons. The van der Waals surface area contributed by atoms with Gasteiger partial charge in [-0.2, -0.15) is 5.10 Å². The minimum Gasteiger partial charge on any atom is -0.344 e. The molecule has 0 saturated carbocycles. The topological polar surface area (TPSA) is 86.9 Å². The van der Waals surface area contributed by atoms with Crippen molar-refractivity contribution in [2.24, 2.45) is 0 Å². The Morgan fingerprint density at radius 3 is 2.68 bits per heavy atom. The number of carbonyl (C=O) groups is 2. The molecule has 3 aromatic rings. The Balaban J connectivity index is 1.59. The van der Waals surface area contributed by atoms with E-state index in [1.807, 2.05) is 36.4 Å². The highest BCUT2D eigenvalue weighted by Gasteiger charge is 2.13. The molecule has 0 unspecified atom stereocenters. The molecule has 2 aromatic carbocycles. The van der Waals surface area contributed by atoms with E-state index in [4.69, 9.17) is 0 Å². The molecule has 1 heterocycles. The second-order valence-corrected chi connectivity index (χ2v) is 4.79. The van der Waals surface area contributed by atoms with Gasteiger partial charge in [0.2, 0.25) is 0 Å². The number of hydrogen-bond acceptors (Lipinski definition) is 3. The van der Waals surface area contributed by atoms with Crippen LogP contribution in [0.3, 0.4) is 0 Å². The van der Waals surface area contributed by atoms with Gasteiger partial charge in [-0.15, -0.1) is 0 Å². The highest BCUT2D eigenvalue weighted by Crippen LogP contribution is 2.16. The van der Waals surface area contributed by atoms with Crippen molar-refractivity contribution in [3.63, 3.8) is 0 Å².